The van der Waals surface area contributed by atoms with E-state index in [0.29, 0.717) is 6.04 Å². The minimum atomic E-state index is 0.347. The molecule has 1 unspecified atom stereocenters. The molecule has 0 fully saturated rings. The average molecular weight is 289 g/mol. The zero-order chi connectivity index (χ0) is 13.8. The fraction of sp³-hybridized carbons (Fsp3) is 0.375. The third kappa shape index (κ3) is 2.90. The van der Waals surface area contributed by atoms with Crippen LogP contribution < -0.4 is 14.8 Å². The Balaban J connectivity index is 1.78. The lowest BCUT2D eigenvalue weighted by Gasteiger charge is -2.18. The number of fused-ring (bicyclic) bond motifs is 1. The van der Waals surface area contributed by atoms with Crippen LogP contribution in [0.2, 0.25) is 0 Å². The van der Waals surface area contributed by atoms with Gasteiger partial charge in [0.05, 0.1) is 19.3 Å². The highest BCUT2D eigenvalue weighted by Gasteiger charge is 2.14. The fourth-order valence-corrected chi connectivity index (χ4v) is 3.18. The second-order valence-corrected chi connectivity index (χ2v) is 5.81. The molecule has 4 heteroatoms. The third-order valence-electron chi connectivity index (χ3n) is 3.38. The number of hydrogen-bond acceptors (Lipinski definition) is 4. The van der Waals surface area contributed by atoms with Crippen LogP contribution in [0.5, 0.6) is 11.5 Å². The normalized spacial score (nSPS) is 15.4. The molecule has 2 heterocycles. The predicted octanol–water partition coefficient (Wildman–Crippen LogP) is 4.47. The number of thiophene rings is 1. The molecule has 0 amide bonds. The van der Waals surface area contributed by atoms with E-state index in [1.807, 2.05) is 12.1 Å². The van der Waals surface area contributed by atoms with E-state index in [4.69, 9.17) is 9.47 Å². The Labute approximate surface area is 123 Å². The van der Waals surface area contributed by atoms with Crippen LogP contribution in [0.25, 0.3) is 0 Å². The number of hydrogen-bond donors (Lipinski definition) is 1. The van der Waals surface area contributed by atoms with Crippen molar-refractivity contribution in [3.05, 3.63) is 40.6 Å². The molecule has 3 nitrogen and oxygen atoms in total. The summed E-state index contributed by atoms with van der Waals surface area (Å²) in [6.45, 7) is 3.64. The second-order valence-electron chi connectivity index (χ2n) is 4.83. The standard InChI is InChI=1S/C16H19NO2S/c1-2-13(16-5-3-10-20-16)17-12-6-7-14-15(11-12)19-9-4-8-18-14/h3,5-7,10-11,13,17H,2,4,8-9H2,1H3. The Morgan fingerprint density at radius 2 is 2.05 bits per heavy atom. The largest absolute Gasteiger partial charge is 0.490 e. The number of nitrogens with one attached hydrogen (secondary N) is 1. The van der Waals surface area contributed by atoms with Crippen LogP contribution in [0, 0.1) is 0 Å². The van der Waals surface area contributed by atoms with Gasteiger partial charge >= 0.3 is 0 Å². The number of ether oxygens (including phenoxy) is 2. The summed E-state index contributed by atoms with van der Waals surface area (Å²) in [6, 6.07) is 10.7. The number of benzene rings is 1. The van der Waals surface area contributed by atoms with Crippen molar-refractivity contribution in [2.75, 3.05) is 18.5 Å². The minimum absolute atomic E-state index is 0.347. The van der Waals surface area contributed by atoms with E-state index in [2.05, 4.69) is 35.8 Å². The smallest absolute Gasteiger partial charge is 0.163 e. The third-order valence-corrected chi connectivity index (χ3v) is 4.37. The molecule has 1 aromatic carbocycles. The lowest BCUT2D eigenvalue weighted by atomic mass is 10.1. The van der Waals surface area contributed by atoms with E-state index >= 15 is 0 Å². The molecular formula is C16H19NO2S. The van der Waals surface area contributed by atoms with Gasteiger partial charge in [-0.05, 0) is 30.0 Å². The van der Waals surface area contributed by atoms with Crippen molar-refractivity contribution in [3.63, 3.8) is 0 Å². The Kier molecular flexibility index (Phi) is 4.11. The van der Waals surface area contributed by atoms with Gasteiger partial charge in [0.2, 0.25) is 0 Å². The van der Waals surface area contributed by atoms with Crippen molar-refractivity contribution in [1.29, 1.82) is 0 Å². The summed E-state index contributed by atoms with van der Waals surface area (Å²) in [6.07, 6.45) is 1.99. The molecular weight excluding hydrogens is 270 g/mol. The van der Waals surface area contributed by atoms with Gasteiger partial charge in [-0.3, -0.25) is 0 Å². The van der Waals surface area contributed by atoms with E-state index in [9.17, 15) is 0 Å². The van der Waals surface area contributed by atoms with Gasteiger partial charge in [0.15, 0.2) is 11.5 Å². The van der Waals surface area contributed by atoms with Crippen molar-refractivity contribution >= 4 is 17.0 Å². The molecule has 1 atom stereocenters. The first kappa shape index (κ1) is 13.3. The molecule has 0 aliphatic carbocycles. The molecule has 0 saturated carbocycles. The molecule has 1 aliphatic heterocycles. The van der Waals surface area contributed by atoms with Crippen LogP contribution in [0.3, 0.4) is 0 Å². The molecule has 0 bridgehead atoms. The monoisotopic (exact) mass is 289 g/mol. The molecule has 20 heavy (non-hydrogen) atoms. The summed E-state index contributed by atoms with van der Waals surface area (Å²) in [5.41, 5.74) is 1.08. The zero-order valence-corrected chi connectivity index (χ0v) is 12.4. The highest BCUT2D eigenvalue weighted by atomic mass is 32.1. The molecule has 3 rings (SSSR count). The summed E-state index contributed by atoms with van der Waals surface area (Å²) in [5.74, 6) is 1.69. The van der Waals surface area contributed by atoms with Crippen LogP contribution in [-0.4, -0.2) is 13.2 Å². The van der Waals surface area contributed by atoms with Gasteiger partial charge in [-0.15, -0.1) is 11.3 Å². The Morgan fingerprint density at radius 3 is 2.80 bits per heavy atom. The zero-order valence-electron chi connectivity index (χ0n) is 11.6. The van der Waals surface area contributed by atoms with Crippen molar-refractivity contribution in [2.24, 2.45) is 0 Å². The number of rotatable bonds is 4. The van der Waals surface area contributed by atoms with Crippen LogP contribution >= 0.6 is 11.3 Å². The maximum Gasteiger partial charge on any atom is 0.163 e. The molecule has 0 radical (unpaired) electrons. The molecule has 0 spiro atoms. The van der Waals surface area contributed by atoms with Crippen LogP contribution in [0.1, 0.15) is 30.7 Å². The summed E-state index contributed by atoms with van der Waals surface area (Å²) in [7, 11) is 0. The Bertz CT molecular complexity index is 554. The first-order chi connectivity index (χ1) is 9.86. The first-order valence-corrected chi connectivity index (χ1v) is 7.94. The first-order valence-electron chi connectivity index (χ1n) is 7.06. The summed E-state index contributed by atoms with van der Waals surface area (Å²) in [4.78, 5) is 1.36. The Hall–Kier alpha value is -1.68. The van der Waals surface area contributed by atoms with Gasteiger partial charge in [0, 0.05) is 23.1 Å². The lowest BCUT2D eigenvalue weighted by molar-refractivity contribution is 0.297. The molecule has 2 aromatic rings. The second kappa shape index (κ2) is 6.18. The molecule has 0 saturated heterocycles. The molecule has 1 aliphatic rings. The van der Waals surface area contributed by atoms with Gasteiger partial charge in [0.1, 0.15) is 0 Å². The molecule has 1 N–H and O–H groups in total. The predicted molar refractivity (Wildman–Crippen MR) is 83.0 cm³/mol. The van der Waals surface area contributed by atoms with Gasteiger partial charge in [-0.25, -0.2) is 0 Å². The maximum absolute atomic E-state index is 5.73. The van der Waals surface area contributed by atoms with Gasteiger partial charge in [0.25, 0.3) is 0 Å². The van der Waals surface area contributed by atoms with Crippen LogP contribution in [0.4, 0.5) is 5.69 Å². The van der Waals surface area contributed by atoms with E-state index in [1.165, 1.54) is 4.88 Å². The highest BCUT2D eigenvalue weighted by Crippen LogP contribution is 2.34. The SMILES string of the molecule is CCC(Nc1ccc2c(c1)OCCCO2)c1cccs1. The number of anilines is 1. The minimum Gasteiger partial charge on any atom is -0.490 e. The van der Waals surface area contributed by atoms with Crippen LogP contribution in [-0.2, 0) is 0 Å². The van der Waals surface area contributed by atoms with Crippen molar-refractivity contribution in [1.82, 2.24) is 0 Å². The summed E-state index contributed by atoms with van der Waals surface area (Å²) < 4.78 is 11.4. The topological polar surface area (TPSA) is 30.5 Å². The van der Waals surface area contributed by atoms with E-state index < -0.39 is 0 Å². The van der Waals surface area contributed by atoms with Gasteiger partial charge in [-0.2, -0.15) is 0 Å². The molecule has 106 valence electrons. The Morgan fingerprint density at radius 1 is 1.20 bits per heavy atom. The van der Waals surface area contributed by atoms with Gasteiger partial charge < -0.3 is 14.8 Å². The van der Waals surface area contributed by atoms with Crippen molar-refractivity contribution < 1.29 is 9.47 Å². The van der Waals surface area contributed by atoms with Gasteiger partial charge in [-0.1, -0.05) is 13.0 Å². The highest BCUT2D eigenvalue weighted by molar-refractivity contribution is 7.10. The fourth-order valence-electron chi connectivity index (χ4n) is 2.32. The lowest BCUT2D eigenvalue weighted by Crippen LogP contribution is -2.08. The van der Waals surface area contributed by atoms with E-state index in [0.717, 1.165) is 43.2 Å². The summed E-state index contributed by atoms with van der Waals surface area (Å²) >= 11 is 1.79. The maximum atomic E-state index is 5.73. The average Bonchev–Trinajstić information content (AvgIpc) is 2.90. The van der Waals surface area contributed by atoms with E-state index in [1.54, 1.807) is 11.3 Å². The quantitative estimate of drug-likeness (QED) is 0.900. The van der Waals surface area contributed by atoms with E-state index in [-0.39, 0.29) is 0 Å². The van der Waals surface area contributed by atoms with Crippen molar-refractivity contribution in [3.8, 4) is 11.5 Å². The van der Waals surface area contributed by atoms with Crippen molar-refractivity contribution in [2.45, 2.75) is 25.8 Å². The van der Waals surface area contributed by atoms with Crippen LogP contribution in [0.15, 0.2) is 35.7 Å². The summed E-state index contributed by atoms with van der Waals surface area (Å²) in [5, 5.41) is 5.70. The molecule has 1 aromatic heterocycles.